The summed E-state index contributed by atoms with van der Waals surface area (Å²) in [5, 5.41) is 3.34. The fourth-order valence-electron chi connectivity index (χ4n) is 2.26. The molecule has 0 saturated carbocycles. The van der Waals surface area contributed by atoms with Crippen LogP contribution in [0.1, 0.15) is 18.4 Å². The number of hydrogen-bond acceptors (Lipinski definition) is 2. The maximum atomic E-state index is 12.8. The second-order valence-corrected chi connectivity index (χ2v) is 4.14. The summed E-state index contributed by atoms with van der Waals surface area (Å²) in [5.74, 6) is 0.321. The second-order valence-electron chi connectivity index (χ2n) is 4.14. The van der Waals surface area contributed by atoms with Gasteiger partial charge >= 0.3 is 0 Å². The highest BCUT2D eigenvalue weighted by atomic mass is 19.1. The van der Waals surface area contributed by atoms with Gasteiger partial charge in [0.05, 0.1) is 0 Å². The van der Waals surface area contributed by atoms with Crippen LogP contribution in [0.2, 0.25) is 0 Å². The number of benzene rings is 1. The van der Waals surface area contributed by atoms with E-state index in [9.17, 15) is 4.39 Å². The summed E-state index contributed by atoms with van der Waals surface area (Å²) < 4.78 is 12.8. The summed E-state index contributed by atoms with van der Waals surface area (Å²) in [6, 6.07) is 6.64. The van der Waals surface area contributed by atoms with E-state index in [4.69, 9.17) is 0 Å². The van der Waals surface area contributed by atoms with Crippen LogP contribution in [0.4, 0.5) is 4.39 Å². The smallest absolute Gasteiger partial charge is 0.123 e. The Kier molecular flexibility index (Phi) is 3.67. The number of nitrogens with one attached hydrogen (secondary N) is 1. The Morgan fingerprint density at radius 2 is 1.88 bits per heavy atom. The van der Waals surface area contributed by atoms with Crippen LogP contribution >= 0.6 is 0 Å². The molecule has 1 aromatic rings. The summed E-state index contributed by atoms with van der Waals surface area (Å²) in [7, 11) is 1.82. The molecule has 0 amide bonds. The second kappa shape index (κ2) is 5.21. The van der Waals surface area contributed by atoms with Crippen LogP contribution in [0, 0.1) is 11.7 Å². The minimum absolute atomic E-state index is 0.190. The van der Waals surface area contributed by atoms with Gasteiger partial charge in [-0.15, -0.1) is 0 Å². The van der Waals surface area contributed by atoms with Crippen LogP contribution < -0.4 is 5.32 Å². The minimum Gasteiger partial charge on any atom is -0.317 e. The van der Waals surface area contributed by atoms with Crippen LogP contribution in [-0.4, -0.2) is 25.8 Å². The van der Waals surface area contributed by atoms with Gasteiger partial charge < -0.3 is 5.32 Å². The van der Waals surface area contributed by atoms with E-state index in [-0.39, 0.29) is 5.82 Å². The molecule has 2 rings (SSSR count). The van der Waals surface area contributed by atoms with Crippen molar-refractivity contribution in [1.29, 1.82) is 0 Å². The molecule has 1 N–H and O–H groups in total. The molecular weight excluding hydrogens is 203 g/mol. The highest BCUT2D eigenvalue weighted by Gasteiger charge is 2.19. The van der Waals surface area contributed by atoms with Crippen LogP contribution in [0.25, 0.3) is 0 Å². The van der Waals surface area contributed by atoms with Crippen LogP contribution in [-0.2, 0) is 0 Å². The summed E-state index contributed by atoms with van der Waals surface area (Å²) in [5.41, 5.74) is 2.16. The first kappa shape index (κ1) is 11.3. The molecule has 0 radical (unpaired) electrons. The van der Waals surface area contributed by atoms with Gasteiger partial charge in [-0.25, -0.2) is 4.39 Å². The van der Waals surface area contributed by atoms with Gasteiger partial charge in [0.25, 0.3) is 0 Å². The van der Waals surface area contributed by atoms with Gasteiger partial charge in [0.15, 0.2) is 0 Å². The summed E-state index contributed by atoms with van der Waals surface area (Å²) >= 11 is 0. The molecule has 3 heteroatoms. The number of halogens is 1. The number of aliphatic imine (C=N–C) groups is 1. The zero-order valence-electron chi connectivity index (χ0n) is 9.54. The Labute approximate surface area is 95.6 Å². The van der Waals surface area contributed by atoms with Gasteiger partial charge in [0.1, 0.15) is 5.82 Å². The molecule has 1 aliphatic rings. The molecule has 0 bridgehead atoms. The standard InChI is InChI=1S/C13H17FN2/c1-15-13(11-6-8-16-9-7-11)10-2-4-12(14)5-3-10/h2-5,11,16H,6-9H2,1H3. The van der Waals surface area contributed by atoms with Crippen molar-refractivity contribution in [3.63, 3.8) is 0 Å². The molecule has 1 fully saturated rings. The maximum absolute atomic E-state index is 12.8. The van der Waals surface area contributed by atoms with Crippen LogP contribution in [0.15, 0.2) is 29.3 Å². The van der Waals surface area contributed by atoms with Crippen molar-refractivity contribution in [2.24, 2.45) is 10.9 Å². The van der Waals surface area contributed by atoms with Crippen molar-refractivity contribution in [2.75, 3.05) is 20.1 Å². The van der Waals surface area contributed by atoms with E-state index >= 15 is 0 Å². The Morgan fingerprint density at radius 3 is 2.44 bits per heavy atom. The first-order valence-corrected chi connectivity index (χ1v) is 5.74. The first-order valence-electron chi connectivity index (χ1n) is 5.74. The molecule has 0 spiro atoms. The highest BCUT2D eigenvalue weighted by Crippen LogP contribution is 2.19. The SMILES string of the molecule is CN=C(c1ccc(F)cc1)C1CCNCC1. The van der Waals surface area contributed by atoms with Crippen LogP contribution in [0.3, 0.4) is 0 Å². The third-order valence-corrected chi connectivity index (χ3v) is 3.11. The summed E-state index contributed by atoms with van der Waals surface area (Å²) in [4.78, 5) is 4.38. The van der Waals surface area contributed by atoms with Crippen molar-refractivity contribution < 1.29 is 4.39 Å². The Hall–Kier alpha value is -1.22. The van der Waals surface area contributed by atoms with E-state index in [1.165, 1.54) is 12.1 Å². The predicted octanol–water partition coefficient (Wildman–Crippen LogP) is 2.24. The zero-order valence-corrected chi connectivity index (χ0v) is 9.54. The molecule has 0 aromatic heterocycles. The minimum atomic E-state index is -0.190. The lowest BCUT2D eigenvalue weighted by Crippen LogP contribution is -2.32. The Bertz CT molecular complexity index is 364. The van der Waals surface area contributed by atoms with Gasteiger partial charge in [-0.3, -0.25) is 4.99 Å². The Morgan fingerprint density at radius 1 is 1.25 bits per heavy atom. The lowest BCUT2D eigenvalue weighted by atomic mass is 9.89. The van der Waals surface area contributed by atoms with Crippen molar-refractivity contribution in [2.45, 2.75) is 12.8 Å². The molecule has 1 aromatic carbocycles. The molecule has 86 valence electrons. The quantitative estimate of drug-likeness (QED) is 0.759. The number of nitrogens with zero attached hydrogens (tertiary/aromatic N) is 1. The van der Waals surface area contributed by atoms with Crippen molar-refractivity contribution in [3.8, 4) is 0 Å². The third-order valence-electron chi connectivity index (χ3n) is 3.11. The average Bonchev–Trinajstić information content (AvgIpc) is 2.34. The van der Waals surface area contributed by atoms with Crippen molar-refractivity contribution in [1.82, 2.24) is 5.32 Å². The molecule has 0 atom stereocenters. The first-order chi connectivity index (χ1) is 7.81. The number of hydrogen-bond donors (Lipinski definition) is 1. The maximum Gasteiger partial charge on any atom is 0.123 e. The predicted molar refractivity (Wildman–Crippen MR) is 64.5 cm³/mol. The zero-order chi connectivity index (χ0) is 11.4. The van der Waals surface area contributed by atoms with E-state index in [1.807, 2.05) is 19.2 Å². The average molecular weight is 220 g/mol. The molecule has 1 heterocycles. The van der Waals surface area contributed by atoms with Crippen LogP contribution in [0.5, 0.6) is 0 Å². The normalized spacial score (nSPS) is 18.8. The number of piperidine rings is 1. The highest BCUT2D eigenvalue weighted by molar-refractivity contribution is 6.02. The largest absolute Gasteiger partial charge is 0.317 e. The summed E-state index contributed by atoms with van der Waals surface area (Å²) in [6.45, 7) is 2.09. The van der Waals surface area contributed by atoms with E-state index in [1.54, 1.807) is 0 Å². The van der Waals surface area contributed by atoms with E-state index in [0.29, 0.717) is 5.92 Å². The summed E-state index contributed by atoms with van der Waals surface area (Å²) in [6.07, 6.45) is 2.23. The lowest BCUT2D eigenvalue weighted by Gasteiger charge is -2.24. The van der Waals surface area contributed by atoms with Crippen molar-refractivity contribution >= 4 is 5.71 Å². The van der Waals surface area contributed by atoms with Gasteiger partial charge in [0, 0.05) is 18.7 Å². The van der Waals surface area contributed by atoms with Gasteiger partial charge in [-0.05, 0) is 43.6 Å². The monoisotopic (exact) mass is 220 g/mol. The molecule has 1 saturated heterocycles. The van der Waals surface area contributed by atoms with Crippen molar-refractivity contribution in [3.05, 3.63) is 35.6 Å². The molecule has 0 aliphatic carbocycles. The molecule has 16 heavy (non-hydrogen) atoms. The topological polar surface area (TPSA) is 24.4 Å². The molecule has 1 aliphatic heterocycles. The Balaban J connectivity index is 2.18. The fourth-order valence-corrected chi connectivity index (χ4v) is 2.26. The van der Waals surface area contributed by atoms with Gasteiger partial charge in [-0.1, -0.05) is 12.1 Å². The van der Waals surface area contributed by atoms with E-state index in [0.717, 1.165) is 37.2 Å². The van der Waals surface area contributed by atoms with Gasteiger partial charge in [-0.2, -0.15) is 0 Å². The number of rotatable bonds is 2. The van der Waals surface area contributed by atoms with E-state index in [2.05, 4.69) is 10.3 Å². The third kappa shape index (κ3) is 2.47. The van der Waals surface area contributed by atoms with E-state index < -0.39 is 0 Å². The molecule has 0 unspecified atom stereocenters. The van der Waals surface area contributed by atoms with Gasteiger partial charge in [0.2, 0.25) is 0 Å². The lowest BCUT2D eigenvalue weighted by molar-refractivity contribution is 0.456. The molecule has 2 nitrogen and oxygen atoms in total. The fraction of sp³-hybridized carbons (Fsp3) is 0.462. The molecular formula is C13H17FN2.